The highest BCUT2D eigenvalue weighted by Gasteiger charge is 2.32. The quantitative estimate of drug-likeness (QED) is 0.820. The lowest BCUT2D eigenvalue weighted by Crippen LogP contribution is -2.29. The topological polar surface area (TPSA) is 47.9 Å². The summed E-state index contributed by atoms with van der Waals surface area (Å²) < 4.78 is 50.3. The maximum atomic E-state index is 12.2. The van der Waals surface area contributed by atoms with Crippen molar-refractivity contribution in [3.63, 3.8) is 0 Å². The van der Waals surface area contributed by atoms with Crippen LogP contribution in [0.15, 0.2) is 24.3 Å². The van der Waals surface area contributed by atoms with E-state index in [0.29, 0.717) is 0 Å². The van der Waals surface area contributed by atoms with E-state index < -0.39 is 18.3 Å². The second-order valence-corrected chi connectivity index (χ2v) is 4.45. The van der Waals surface area contributed by atoms with E-state index in [-0.39, 0.29) is 17.7 Å². The first-order valence-corrected chi connectivity index (χ1v) is 5.82. The summed E-state index contributed by atoms with van der Waals surface area (Å²) in [6.07, 6.45) is -5.38. The van der Waals surface area contributed by atoms with Gasteiger partial charge in [-0.05, 0) is 24.6 Å². The average molecular weight is 294 g/mol. The monoisotopic (exact) mass is 294 g/mol. The molecule has 1 aromatic carbocycles. The van der Waals surface area contributed by atoms with Gasteiger partial charge in [-0.3, -0.25) is 0 Å². The molecule has 0 heterocycles. The molecular formula is C13H17F3O4. The molecule has 1 aromatic rings. The molecule has 4 nitrogen and oxygen atoms in total. The minimum absolute atomic E-state index is 0.0650. The summed E-state index contributed by atoms with van der Waals surface area (Å²) in [6.45, 7) is 1.46. The summed E-state index contributed by atoms with van der Waals surface area (Å²) in [5.74, 6) is -0.387. The molecule has 0 bridgehead atoms. The van der Waals surface area contributed by atoms with Crippen LogP contribution in [0, 0.1) is 0 Å². The van der Waals surface area contributed by atoms with Crippen molar-refractivity contribution in [2.45, 2.75) is 31.6 Å². The molecule has 114 valence electrons. The highest BCUT2D eigenvalue weighted by atomic mass is 19.4. The van der Waals surface area contributed by atoms with Crippen LogP contribution in [0.1, 0.15) is 18.9 Å². The van der Waals surface area contributed by atoms with Crippen LogP contribution in [-0.4, -0.2) is 32.0 Å². The first-order chi connectivity index (χ1) is 9.18. The van der Waals surface area contributed by atoms with Gasteiger partial charge in [0.1, 0.15) is 5.75 Å². The van der Waals surface area contributed by atoms with Crippen LogP contribution in [0.5, 0.6) is 5.75 Å². The summed E-state index contributed by atoms with van der Waals surface area (Å²) >= 11 is 0. The normalized spacial score (nSPS) is 15.2. The first-order valence-electron chi connectivity index (χ1n) is 5.82. The van der Waals surface area contributed by atoms with Gasteiger partial charge in [-0.2, -0.15) is 0 Å². The molecule has 1 unspecified atom stereocenters. The minimum Gasteiger partial charge on any atom is -0.406 e. The largest absolute Gasteiger partial charge is 0.573 e. The molecule has 7 heteroatoms. The highest BCUT2D eigenvalue weighted by Crippen LogP contribution is 2.31. The maximum Gasteiger partial charge on any atom is 0.573 e. The third kappa shape index (κ3) is 4.99. The van der Waals surface area contributed by atoms with Crippen molar-refractivity contribution in [3.8, 4) is 5.75 Å². The summed E-state index contributed by atoms with van der Waals surface area (Å²) in [7, 11) is 2.82. The fourth-order valence-corrected chi connectivity index (χ4v) is 1.73. The van der Waals surface area contributed by atoms with Crippen molar-refractivity contribution in [2.24, 2.45) is 0 Å². The Morgan fingerprint density at radius 3 is 2.30 bits per heavy atom. The van der Waals surface area contributed by atoms with Gasteiger partial charge in [-0.25, -0.2) is 0 Å². The van der Waals surface area contributed by atoms with Crippen LogP contribution in [0.3, 0.4) is 0 Å². The number of aliphatic hydroxyl groups is 1. The molecular weight excluding hydrogens is 277 g/mol. The fraction of sp³-hybridized carbons (Fsp3) is 0.538. The molecule has 1 rings (SSSR count). The molecule has 20 heavy (non-hydrogen) atoms. The zero-order valence-corrected chi connectivity index (χ0v) is 11.4. The number of benzene rings is 1. The van der Waals surface area contributed by atoms with E-state index >= 15 is 0 Å². The molecule has 0 saturated heterocycles. The molecule has 0 spiro atoms. The van der Waals surface area contributed by atoms with Crippen LogP contribution >= 0.6 is 0 Å². The second-order valence-electron chi connectivity index (χ2n) is 4.45. The number of hydrogen-bond donors (Lipinski definition) is 1. The summed E-state index contributed by atoms with van der Waals surface area (Å²) in [4.78, 5) is 0. The van der Waals surface area contributed by atoms with E-state index in [0.717, 1.165) is 12.1 Å². The molecule has 0 aliphatic heterocycles. The molecule has 0 aliphatic carbocycles. The average Bonchev–Trinajstić information content (AvgIpc) is 2.34. The summed E-state index contributed by atoms with van der Waals surface area (Å²) in [5, 5.41) is 10.3. The van der Waals surface area contributed by atoms with E-state index in [1.165, 1.54) is 33.3 Å². The highest BCUT2D eigenvalue weighted by molar-refractivity contribution is 5.32. The van der Waals surface area contributed by atoms with Crippen molar-refractivity contribution < 1.29 is 32.5 Å². The van der Waals surface area contributed by atoms with Crippen molar-refractivity contribution in [1.29, 1.82) is 0 Å². The predicted molar refractivity (Wildman–Crippen MR) is 65.1 cm³/mol. The van der Waals surface area contributed by atoms with Crippen LogP contribution < -0.4 is 4.74 Å². The number of alkyl halides is 3. The lowest BCUT2D eigenvalue weighted by molar-refractivity contribution is -0.274. The Labute approximate surface area is 115 Å². The van der Waals surface area contributed by atoms with Gasteiger partial charge < -0.3 is 19.3 Å². The molecule has 0 fully saturated rings. The predicted octanol–water partition coefficient (Wildman–Crippen LogP) is 2.80. The van der Waals surface area contributed by atoms with Gasteiger partial charge >= 0.3 is 6.36 Å². The van der Waals surface area contributed by atoms with Crippen molar-refractivity contribution in [1.82, 2.24) is 0 Å². The number of rotatable bonds is 6. The minimum atomic E-state index is -4.77. The van der Waals surface area contributed by atoms with E-state index in [2.05, 4.69) is 4.74 Å². The van der Waals surface area contributed by atoms with Gasteiger partial charge in [0.2, 0.25) is 0 Å². The first kappa shape index (κ1) is 16.7. The number of hydrogen-bond acceptors (Lipinski definition) is 4. The number of methoxy groups -OCH3 is 2. The van der Waals surface area contributed by atoms with E-state index in [1.54, 1.807) is 0 Å². The zero-order valence-electron chi connectivity index (χ0n) is 11.4. The lowest BCUT2D eigenvalue weighted by atomic mass is 9.92. The van der Waals surface area contributed by atoms with Gasteiger partial charge in [0.25, 0.3) is 0 Å². The van der Waals surface area contributed by atoms with E-state index in [1.807, 2.05) is 0 Å². The molecule has 1 atom stereocenters. The molecule has 0 amide bonds. The smallest absolute Gasteiger partial charge is 0.406 e. The van der Waals surface area contributed by atoms with Gasteiger partial charge in [0.15, 0.2) is 6.29 Å². The molecule has 1 N–H and O–H groups in total. The standard InChI is InChI=1S/C13H17F3O4/c1-12(17,8-11(18-2)19-3)9-5-4-6-10(7-9)20-13(14,15)16/h4-7,11,17H,8H2,1-3H3. The van der Waals surface area contributed by atoms with Crippen LogP contribution in [0.4, 0.5) is 13.2 Å². The van der Waals surface area contributed by atoms with Crippen LogP contribution in [0.2, 0.25) is 0 Å². The summed E-state index contributed by atoms with van der Waals surface area (Å²) in [5.41, 5.74) is -1.14. The molecule has 0 radical (unpaired) electrons. The van der Waals surface area contributed by atoms with Gasteiger partial charge in [-0.15, -0.1) is 13.2 Å². The Balaban J connectivity index is 2.92. The molecule has 0 aliphatic rings. The number of ether oxygens (including phenoxy) is 3. The van der Waals surface area contributed by atoms with Gasteiger partial charge in [-0.1, -0.05) is 12.1 Å². The number of halogens is 3. The Kier molecular flexibility index (Phi) is 5.38. The second kappa shape index (κ2) is 6.43. The van der Waals surface area contributed by atoms with Crippen LogP contribution in [0.25, 0.3) is 0 Å². The van der Waals surface area contributed by atoms with Crippen molar-refractivity contribution in [3.05, 3.63) is 29.8 Å². The van der Waals surface area contributed by atoms with Gasteiger partial charge in [0.05, 0.1) is 5.60 Å². The van der Waals surface area contributed by atoms with Gasteiger partial charge in [0, 0.05) is 20.6 Å². The summed E-state index contributed by atoms with van der Waals surface area (Å²) in [6, 6.07) is 5.18. The Bertz CT molecular complexity index is 428. The Hall–Kier alpha value is -1.31. The maximum absolute atomic E-state index is 12.2. The molecule has 0 aromatic heterocycles. The van der Waals surface area contributed by atoms with Crippen molar-refractivity contribution >= 4 is 0 Å². The Morgan fingerprint density at radius 2 is 1.80 bits per heavy atom. The zero-order chi connectivity index (χ0) is 15.4. The fourth-order valence-electron chi connectivity index (χ4n) is 1.73. The third-order valence-corrected chi connectivity index (χ3v) is 2.78. The SMILES string of the molecule is COC(CC(C)(O)c1cccc(OC(F)(F)F)c1)OC. The van der Waals surface area contributed by atoms with Crippen molar-refractivity contribution in [2.75, 3.05) is 14.2 Å². The van der Waals surface area contributed by atoms with E-state index in [4.69, 9.17) is 9.47 Å². The lowest BCUT2D eigenvalue weighted by Gasteiger charge is -2.28. The van der Waals surface area contributed by atoms with E-state index in [9.17, 15) is 18.3 Å². The Morgan fingerprint density at radius 1 is 1.20 bits per heavy atom. The molecule has 0 saturated carbocycles. The third-order valence-electron chi connectivity index (χ3n) is 2.78. The van der Waals surface area contributed by atoms with Crippen LogP contribution in [-0.2, 0) is 15.1 Å².